The molecule has 19 heavy (non-hydrogen) atoms. The highest BCUT2D eigenvalue weighted by atomic mass is 16.3. The number of hydrogen-bond acceptors (Lipinski definition) is 4. The SMILES string of the molecule is OC[C@@H]1CCn2nccc2CN1Cc1ccncc1. The Bertz CT molecular complexity index is 525. The summed E-state index contributed by atoms with van der Waals surface area (Å²) in [7, 11) is 0. The van der Waals surface area contributed by atoms with E-state index in [1.54, 1.807) is 0 Å². The normalized spacial score (nSPS) is 19.9. The van der Waals surface area contributed by atoms with Crippen LogP contribution in [0.5, 0.6) is 0 Å². The number of pyridine rings is 1. The molecule has 5 nitrogen and oxygen atoms in total. The van der Waals surface area contributed by atoms with Gasteiger partial charge in [-0.25, -0.2) is 0 Å². The van der Waals surface area contributed by atoms with Crippen LogP contribution in [0.2, 0.25) is 0 Å². The number of hydrogen-bond donors (Lipinski definition) is 1. The minimum Gasteiger partial charge on any atom is -0.395 e. The molecule has 1 aliphatic heterocycles. The van der Waals surface area contributed by atoms with Crippen LogP contribution in [0.3, 0.4) is 0 Å². The quantitative estimate of drug-likeness (QED) is 0.894. The third-order valence-corrected chi connectivity index (χ3v) is 3.71. The fraction of sp³-hybridized carbons (Fsp3) is 0.429. The molecule has 100 valence electrons. The van der Waals surface area contributed by atoms with Gasteiger partial charge in [-0.05, 0) is 30.2 Å². The first-order chi connectivity index (χ1) is 9.36. The average molecular weight is 258 g/mol. The fourth-order valence-corrected chi connectivity index (χ4v) is 2.60. The minimum atomic E-state index is 0.190. The lowest BCUT2D eigenvalue weighted by Gasteiger charge is -2.27. The molecule has 5 heteroatoms. The number of aromatic nitrogens is 3. The summed E-state index contributed by atoms with van der Waals surface area (Å²) in [5.74, 6) is 0. The first-order valence-electron chi connectivity index (χ1n) is 6.61. The van der Waals surface area contributed by atoms with E-state index in [1.807, 2.05) is 35.4 Å². The van der Waals surface area contributed by atoms with Crippen molar-refractivity contribution in [2.24, 2.45) is 0 Å². The topological polar surface area (TPSA) is 54.2 Å². The van der Waals surface area contributed by atoms with E-state index in [9.17, 15) is 5.11 Å². The van der Waals surface area contributed by atoms with Gasteiger partial charge in [0.05, 0.1) is 12.3 Å². The number of aliphatic hydroxyl groups excluding tert-OH is 1. The standard InChI is InChI=1S/C14H18N4O/c19-11-14-4-8-18-13(3-7-16-18)10-17(14)9-12-1-5-15-6-2-12/h1-3,5-7,14,19H,4,8-11H2/t14-/m0/s1. The molecule has 3 rings (SSSR count). The molecule has 0 fully saturated rings. The van der Waals surface area contributed by atoms with Gasteiger partial charge in [0.1, 0.15) is 0 Å². The summed E-state index contributed by atoms with van der Waals surface area (Å²) >= 11 is 0. The monoisotopic (exact) mass is 258 g/mol. The highest BCUT2D eigenvalue weighted by Gasteiger charge is 2.23. The lowest BCUT2D eigenvalue weighted by Crippen LogP contribution is -2.36. The van der Waals surface area contributed by atoms with Crippen molar-refractivity contribution in [3.63, 3.8) is 0 Å². The van der Waals surface area contributed by atoms with Crippen LogP contribution < -0.4 is 0 Å². The Hall–Kier alpha value is -1.72. The molecule has 0 aromatic carbocycles. The second-order valence-electron chi connectivity index (χ2n) is 4.93. The summed E-state index contributed by atoms with van der Waals surface area (Å²) in [4.78, 5) is 6.36. The third-order valence-electron chi connectivity index (χ3n) is 3.71. The molecule has 0 radical (unpaired) electrons. The molecular formula is C14H18N4O. The molecule has 0 saturated carbocycles. The van der Waals surface area contributed by atoms with Gasteiger partial charge < -0.3 is 5.11 Å². The Balaban J connectivity index is 1.81. The second-order valence-corrected chi connectivity index (χ2v) is 4.93. The highest BCUT2D eigenvalue weighted by molar-refractivity contribution is 5.11. The molecule has 1 atom stereocenters. The van der Waals surface area contributed by atoms with Gasteiger partial charge in [-0.3, -0.25) is 14.6 Å². The predicted octanol–water partition coefficient (Wildman–Crippen LogP) is 1.04. The number of fused-ring (bicyclic) bond motifs is 1. The van der Waals surface area contributed by atoms with E-state index in [0.29, 0.717) is 0 Å². The number of nitrogens with zero attached hydrogens (tertiary/aromatic N) is 4. The maximum absolute atomic E-state index is 9.60. The summed E-state index contributed by atoms with van der Waals surface area (Å²) in [6.07, 6.45) is 6.40. The molecule has 0 amide bonds. The van der Waals surface area contributed by atoms with Gasteiger partial charge in [0.2, 0.25) is 0 Å². The zero-order valence-electron chi connectivity index (χ0n) is 10.8. The first kappa shape index (κ1) is 12.3. The smallest absolute Gasteiger partial charge is 0.0587 e. The van der Waals surface area contributed by atoms with Gasteiger partial charge in [0.15, 0.2) is 0 Å². The second kappa shape index (κ2) is 5.50. The summed E-state index contributed by atoms with van der Waals surface area (Å²) in [6, 6.07) is 6.29. The van der Waals surface area contributed by atoms with Crippen LogP contribution in [0.4, 0.5) is 0 Å². The van der Waals surface area contributed by atoms with E-state index in [0.717, 1.165) is 26.1 Å². The molecule has 1 aliphatic rings. The lowest BCUT2D eigenvalue weighted by molar-refractivity contribution is 0.108. The van der Waals surface area contributed by atoms with E-state index in [4.69, 9.17) is 0 Å². The van der Waals surface area contributed by atoms with Crippen molar-refractivity contribution in [2.45, 2.75) is 32.1 Å². The van der Waals surface area contributed by atoms with Gasteiger partial charge in [-0.15, -0.1) is 0 Å². The fourth-order valence-electron chi connectivity index (χ4n) is 2.60. The van der Waals surface area contributed by atoms with Crippen molar-refractivity contribution in [1.29, 1.82) is 0 Å². The Kier molecular flexibility index (Phi) is 3.57. The maximum atomic E-state index is 9.60. The van der Waals surface area contributed by atoms with Crippen molar-refractivity contribution in [3.05, 3.63) is 48.0 Å². The van der Waals surface area contributed by atoms with E-state index < -0.39 is 0 Å². The molecular weight excluding hydrogens is 240 g/mol. The van der Waals surface area contributed by atoms with Crippen LogP contribution in [0, 0.1) is 0 Å². The summed E-state index contributed by atoms with van der Waals surface area (Å²) in [6.45, 7) is 2.72. The maximum Gasteiger partial charge on any atom is 0.0587 e. The molecule has 2 aromatic heterocycles. The molecule has 0 aliphatic carbocycles. The minimum absolute atomic E-state index is 0.190. The molecule has 0 unspecified atom stereocenters. The van der Waals surface area contributed by atoms with Crippen LogP contribution >= 0.6 is 0 Å². The van der Waals surface area contributed by atoms with Crippen molar-refractivity contribution in [2.75, 3.05) is 6.61 Å². The molecule has 3 heterocycles. The largest absolute Gasteiger partial charge is 0.395 e. The van der Waals surface area contributed by atoms with Gasteiger partial charge >= 0.3 is 0 Å². The van der Waals surface area contributed by atoms with Gasteiger partial charge in [0, 0.05) is 44.3 Å². The Morgan fingerprint density at radius 1 is 1.21 bits per heavy atom. The Morgan fingerprint density at radius 2 is 2.05 bits per heavy atom. The molecule has 0 bridgehead atoms. The van der Waals surface area contributed by atoms with E-state index in [1.165, 1.54) is 11.3 Å². The van der Waals surface area contributed by atoms with Crippen molar-refractivity contribution < 1.29 is 5.11 Å². The van der Waals surface area contributed by atoms with Crippen LogP contribution in [-0.4, -0.2) is 37.4 Å². The zero-order chi connectivity index (χ0) is 13.1. The third kappa shape index (κ3) is 2.67. The predicted molar refractivity (Wildman–Crippen MR) is 71.2 cm³/mol. The summed E-state index contributed by atoms with van der Waals surface area (Å²) in [5.41, 5.74) is 2.44. The van der Waals surface area contributed by atoms with E-state index >= 15 is 0 Å². The van der Waals surface area contributed by atoms with Crippen molar-refractivity contribution >= 4 is 0 Å². The van der Waals surface area contributed by atoms with Crippen LogP contribution in [-0.2, 0) is 19.6 Å². The summed E-state index contributed by atoms with van der Waals surface area (Å²) < 4.78 is 2.04. The van der Waals surface area contributed by atoms with Gasteiger partial charge in [-0.2, -0.15) is 5.10 Å². The number of aryl methyl sites for hydroxylation is 1. The molecule has 0 spiro atoms. The number of rotatable bonds is 3. The van der Waals surface area contributed by atoms with E-state index in [-0.39, 0.29) is 12.6 Å². The van der Waals surface area contributed by atoms with Crippen LogP contribution in [0.1, 0.15) is 17.7 Å². The van der Waals surface area contributed by atoms with E-state index in [2.05, 4.69) is 21.0 Å². The lowest BCUT2D eigenvalue weighted by atomic mass is 10.1. The van der Waals surface area contributed by atoms with Crippen LogP contribution in [0.25, 0.3) is 0 Å². The van der Waals surface area contributed by atoms with Crippen molar-refractivity contribution in [3.8, 4) is 0 Å². The zero-order valence-corrected chi connectivity index (χ0v) is 10.8. The summed E-state index contributed by atoms with van der Waals surface area (Å²) in [5, 5.41) is 13.9. The molecule has 1 N–H and O–H groups in total. The van der Waals surface area contributed by atoms with Crippen LogP contribution in [0.15, 0.2) is 36.8 Å². The Morgan fingerprint density at radius 3 is 2.84 bits per heavy atom. The van der Waals surface area contributed by atoms with Crippen molar-refractivity contribution in [1.82, 2.24) is 19.7 Å². The highest BCUT2D eigenvalue weighted by Crippen LogP contribution is 2.19. The first-order valence-corrected chi connectivity index (χ1v) is 6.61. The van der Waals surface area contributed by atoms with Gasteiger partial charge in [0.25, 0.3) is 0 Å². The average Bonchev–Trinajstić information content (AvgIpc) is 2.81. The molecule has 2 aromatic rings. The van der Waals surface area contributed by atoms with Gasteiger partial charge in [-0.1, -0.05) is 0 Å². The molecule has 0 saturated heterocycles. The number of aliphatic hydroxyl groups is 1. The Labute approximate surface area is 112 Å².